The van der Waals surface area contributed by atoms with Crippen LogP contribution in [0.15, 0.2) is 36.7 Å². The van der Waals surface area contributed by atoms with Gasteiger partial charge in [0.25, 0.3) is 0 Å². The molecule has 0 aliphatic carbocycles. The first-order chi connectivity index (χ1) is 12.5. The summed E-state index contributed by atoms with van der Waals surface area (Å²) in [5.41, 5.74) is 0.706. The van der Waals surface area contributed by atoms with Crippen molar-refractivity contribution in [3.8, 4) is 11.6 Å². The van der Waals surface area contributed by atoms with Gasteiger partial charge in [0.2, 0.25) is 11.8 Å². The molecule has 1 atom stereocenters. The molecule has 1 fully saturated rings. The number of hydrogen-bond donors (Lipinski definition) is 0. The molecule has 2 aromatic rings. The van der Waals surface area contributed by atoms with Crippen LogP contribution in [0.1, 0.15) is 24.5 Å². The molecule has 0 N–H and O–H groups in total. The molecular formula is C19H23FN4O2. The van der Waals surface area contributed by atoms with Crippen LogP contribution < -0.4 is 4.74 Å². The Kier molecular flexibility index (Phi) is 5.78. The second-order valence-electron chi connectivity index (χ2n) is 6.64. The lowest BCUT2D eigenvalue weighted by atomic mass is 9.94. The number of likely N-dealkylation sites (N-methyl/N-ethyl adjacent to an activating group) is 1. The number of carbonyl (C=O) groups is 1. The molecule has 26 heavy (non-hydrogen) atoms. The number of hydrogen-bond acceptors (Lipinski definition) is 5. The maximum atomic E-state index is 13.9. The Labute approximate surface area is 152 Å². The Balaban J connectivity index is 1.76. The summed E-state index contributed by atoms with van der Waals surface area (Å²) < 4.78 is 19.6. The first kappa shape index (κ1) is 18.3. The van der Waals surface area contributed by atoms with Crippen LogP contribution >= 0.6 is 0 Å². The van der Waals surface area contributed by atoms with Crippen molar-refractivity contribution in [3.63, 3.8) is 0 Å². The third-order valence-corrected chi connectivity index (χ3v) is 4.48. The number of benzene rings is 1. The third-order valence-electron chi connectivity index (χ3n) is 4.48. The van der Waals surface area contributed by atoms with Crippen LogP contribution in [-0.4, -0.2) is 59.4 Å². The van der Waals surface area contributed by atoms with Gasteiger partial charge in [-0.3, -0.25) is 14.7 Å². The molecule has 1 aromatic carbocycles. The predicted octanol–water partition coefficient (Wildman–Crippen LogP) is 2.68. The lowest BCUT2D eigenvalue weighted by Crippen LogP contribution is -2.41. The maximum Gasteiger partial charge on any atom is 0.241 e. The van der Waals surface area contributed by atoms with Crippen LogP contribution in [0.2, 0.25) is 0 Å². The van der Waals surface area contributed by atoms with Crippen molar-refractivity contribution in [2.45, 2.75) is 18.8 Å². The Morgan fingerprint density at radius 1 is 1.31 bits per heavy atom. The topological polar surface area (TPSA) is 58.6 Å². The molecule has 0 unspecified atom stereocenters. The number of amides is 1. The quantitative estimate of drug-likeness (QED) is 0.822. The van der Waals surface area contributed by atoms with Crippen molar-refractivity contribution in [1.82, 2.24) is 19.8 Å². The lowest BCUT2D eigenvalue weighted by Gasteiger charge is -2.32. The average molecular weight is 358 g/mol. The SMILES string of the molecule is CN(C)C(=O)CN1CCC[C@@H](c2nccnc2Oc2ccccc2F)C1. The minimum absolute atomic E-state index is 0.0765. The largest absolute Gasteiger partial charge is 0.434 e. The summed E-state index contributed by atoms with van der Waals surface area (Å²) >= 11 is 0. The van der Waals surface area contributed by atoms with Crippen LogP contribution in [0, 0.1) is 5.82 Å². The highest BCUT2D eigenvalue weighted by atomic mass is 19.1. The summed E-state index contributed by atoms with van der Waals surface area (Å²) in [4.78, 5) is 24.4. The summed E-state index contributed by atoms with van der Waals surface area (Å²) in [7, 11) is 3.51. The highest BCUT2D eigenvalue weighted by Crippen LogP contribution is 2.33. The van der Waals surface area contributed by atoms with Crippen molar-refractivity contribution >= 4 is 5.91 Å². The Morgan fingerprint density at radius 2 is 2.08 bits per heavy atom. The van der Waals surface area contributed by atoms with Gasteiger partial charge in [0.15, 0.2) is 11.6 Å². The minimum Gasteiger partial charge on any atom is -0.434 e. The summed E-state index contributed by atoms with van der Waals surface area (Å²) in [6.45, 7) is 1.96. The zero-order valence-electron chi connectivity index (χ0n) is 15.1. The summed E-state index contributed by atoms with van der Waals surface area (Å²) in [6.07, 6.45) is 5.05. The fourth-order valence-electron chi connectivity index (χ4n) is 3.08. The van der Waals surface area contributed by atoms with Crippen molar-refractivity contribution in [2.24, 2.45) is 0 Å². The van der Waals surface area contributed by atoms with E-state index in [4.69, 9.17) is 4.74 Å². The molecule has 0 bridgehead atoms. The number of rotatable bonds is 5. The molecule has 1 aromatic heterocycles. The van der Waals surface area contributed by atoms with Gasteiger partial charge in [-0.05, 0) is 31.5 Å². The monoisotopic (exact) mass is 358 g/mol. The maximum absolute atomic E-state index is 13.9. The molecule has 0 spiro atoms. The summed E-state index contributed by atoms with van der Waals surface area (Å²) in [5, 5.41) is 0. The van der Waals surface area contributed by atoms with Gasteiger partial charge in [-0.25, -0.2) is 9.37 Å². The number of halogens is 1. The number of carbonyl (C=O) groups excluding carboxylic acids is 1. The number of likely N-dealkylation sites (tertiary alicyclic amines) is 1. The van der Waals surface area contributed by atoms with E-state index >= 15 is 0 Å². The van der Waals surface area contributed by atoms with Gasteiger partial charge in [-0.1, -0.05) is 12.1 Å². The number of para-hydroxylation sites is 1. The van der Waals surface area contributed by atoms with Crippen LogP contribution in [-0.2, 0) is 4.79 Å². The number of piperidine rings is 1. The summed E-state index contributed by atoms with van der Waals surface area (Å²) in [5.74, 6) is 0.181. The van der Waals surface area contributed by atoms with E-state index in [2.05, 4.69) is 14.9 Å². The van der Waals surface area contributed by atoms with Gasteiger partial charge in [-0.2, -0.15) is 0 Å². The highest BCUT2D eigenvalue weighted by Gasteiger charge is 2.27. The second kappa shape index (κ2) is 8.23. The van der Waals surface area contributed by atoms with E-state index in [0.717, 1.165) is 19.4 Å². The van der Waals surface area contributed by atoms with Crippen molar-refractivity contribution < 1.29 is 13.9 Å². The van der Waals surface area contributed by atoms with Crippen LogP contribution in [0.3, 0.4) is 0 Å². The molecule has 138 valence electrons. The van der Waals surface area contributed by atoms with Gasteiger partial charge in [0, 0.05) is 39.0 Å². The standard InChI is InChI=1S/C19H23FN4O2/c1-23(2)17(25)13-24-11-5-6-14(12-24)18-19(22-10-9-21-18)26-16-8-4-3-7-15(16)20/h3-4,7-10,14H,5-6,11-13H2,1-2H3/t14-/m1/s1. The molecule has 3 rings (SSSR count). The molecule has 1 saturated heterocycles. The average Bonchev–Trinajstić information content (AvgIpc) is 2.64. The fraction of sp³-hybridized carbons (Fsp3) is 0.421. The lowest BCUT2D eigenvalue weighted by molar-refractivity contribution is -0.130. The van der Waals surface area contributed by atoms with E-state index in [0.29, 0.717) is 24.7 Å². The Bertz CT molecular complexity index is 769. The third kappa shape index (κ3) is 4.35. The molecule has 1 aliphatic rings. The van der Waals surface area contributed by atoms with Gasteiger partial charge < -0.3 is 9.64 Å². The van der Waals surface area contributed by atoms with Crippen LogP contribution in [0.25, 0.3) is 0 Å². The van der Waals surface area contributed by atoms with Gasteiger partial charge in [0.05, 0.1) is 6.54 Å². The molecular weight excluding hydrogens is 335 g/mol. The molecule has 7 heteroatoms. The molecule has 2 heterocycles. The van der Waals surface area contributed by atoms with E-state index in [9.17, 15) is 9.18 Å². The van der Waals surface area contributed by atoms with Crippen LogP contribution in [0.5, 0.6) is 11.6 Å². The molecule has 1 aliphatic heterocycles. The zero-order chi connectivity index (χ0) is 18.5. The van der Waals surface area contributed by atoms with Gasteiger partial charge in [0.1, 0.15) is 5.69 Å². The van der Waals surface area contributed by atoms with Crippen molar-refractivity contribution in [1.29, 1.82) is 0 Å². The van der Waals surface area contributed by atoms with E-state index < -0.39 is 5.82 Å². The number of aromatic nitrogens is 2. The van der Waals surface area contributed by atoms with E-state index in [1.54, 1.807) is 43.4 Å². The number of nitrogens with zero attached hydrogens (tertiary/aromatic N) is 4. The van der Waals surface area contributed by atoms with E-state index in [-0.39, 0.29) is 17.6 Å². The minimum atomic E-state index is -0.439. The Morgan fingerprint density at radius 3 is 2.85 bits per heavy atom. The molecule has 0 radical (unpaired) electrons. The Hall–Kier alpha value is -2.54. The first-order valence-electron chi connectivity index (χ1n) is 8.70. The number of ether oxygens (including phenoxy) is 1. The summed E-state index contributed by atoms with van der Waals surface area (Å²) in [6, 6.07) is 6.24. The smallest absolute Gasteiger partial charge is 0.241 e. The molecule has 0 saturated carbocycles. The first-order valence-corrected chi connectivity index (χ1v) is 8.70. The van der Waals surface area contributed by atoms with Gasteiger partial charge in [-0.15, -0.1) is 0 Å². The van der Waals surface area contributed by atoms with E-state index in [1.165, 1.54) is 12.3 Å². The van der Waals surface area contributed by atoms with Crippen molar-refractivity contribution in [2.75, 3.05) is 33.7 Å². The van der Waals surface area contributed by atoms with Gasteiger partial charge >= 0.3 is 0 Å². The normalized spacial score (nSPS) is 17.7. The second-order valence-corrected chi connectivity index (χ2v) is 6.64. The van der Waals surface area contributed by atoms with E-state index in [1.807, 2.05) is 0 Å². The predicted molar refractivity (Wildman–Crippen MR) is 95.6 cm³/mol. The van der Waals surface area contributed by atoms with Crippen LogP contribution in [0.4, 0.5) is 4.39 Å². The fourth-order valence-corrected chi connectivity index (χ4v) is 3.08. The molecule has 6 nitrogen and oxygen atoms in total. The highest BCUT2D eigenvalue weighted by molar-refractivity contribution is 5.77. The zero-order valence-corrected chi connectivity index (χ0v) is 15.1. The van der Waals surface area contributed by atoms with Crippen molar-refractivity contribution in [3.05, 3.63) is 48.2 Å². The molecule has 1 amide bonds.